The van der Waals surface area contributed by atoms with Gasteiger partial charge in [0.2, 0.25) is 0 Å². The molecule has 0 bridgehead atoms. The van der Waals surface area contributed by atoms with Gasteiger partial charge < -0.3 is 20.3 Å². The van der Waals surface area contributed by atoms with E-state index in [1.165, 1.54) is 11.1 Å². The normalized spacial score (nSPS) is 20.6. The molecule has 3 aliphatic rings. The van der Waals surface area contributed by atoms with Gasteiger partial charge in [0.15, 0.2) is 5.78 Å². The van der Waals surface area contributed by atoms with Crippen LogP contribution >= 0.6 is 0 Å². The number of ketones is 1. The molecular formula is C23H25N3O3. The number of anilines is 3. The molecule has 0 saturated carbocycles. The number of fused-ring (bicyclic) bond motifs is 4. The van der Waals surface area contributed by atoms with Crippen molar-refractivity contribution in [1.82, 2.24) is 0 Å². The Labute approximate surface area is 170 Å². The molecule has 1 spiro atoms. The summed E-state index contributed by atoms with van der Waals surface area (Å²) in [5, 5.41) is 7.19. The first kappa shape index (κ1) is 18.0. The third kappa shape index (κ3) is 2.62. The average molecular weight is 391 g/mol. The molecule has 1 atom stereocenters. The smallest absolute Gasteiger partial charge is 0.339 e. The van der Waals surface area contributed by atoms with Gasteiger partial charge in [-0.3, -0.25) is 4.79 Å². The predicted octanol–water partition coefficient (Wildman–Crippen LogP) is 3.61. The van der Waals surface area contributed by atoms with Crippen LogP contribution in [0.15, 0.2) is 30.3 Å². The summed E-state index contributed by atoms with van der Waals surface area (Å²) in [7, 11) is 1.98. The first-order chi connectivity index (χ1) is 13.9. The van der Waals surface area contributed by atoms with Crippen molar-refractivity contribution in [3.63, 3.8) is 0 Å². The maximum atomic E-state index is 13.4. The zero-order chi connectivity index (χ0) is 20.3. The van der Waals surface area contributed by atoms with E-state index < -0.39 is 5.97 Å². The van der Waals surface area contributed by atoms with Crippen molar-refractivity contribution in [3.05, 3.63) is 52.6 Å². The number of hydrogen-bond acceptors (Lipinski definition) is 6. The zero-order valence-electron chi connectivity index (χ0n) is 17.0. The summed E-state index contributed by atoms with van der Waals surface area (Å²) in [5.41, 5.74) is 5.58. The highest BCUT2D eigenvalue weighted by atomic mass is 16.5. The van der Waals surface area contributed by atoms with Crippen LogP contribution in [0.2, 0.25) is 0 Å². The van der Waals surface area contributed by atoms with E-state index in [0.29, 0.717) is 17.5 Å². The van der Waals surface area contributed by atoms with Crippen LogP contribution in [0.3, 0.4) is 0 Å². The Morgan fingerprint density at radius 1 is 1.21 bits per heavy atom. The molecule has 2 heterocycles. The number of hydrogen-bond donors (Lipinski definition) is 2. The monoisotopic (exact) mass is 391 g/mol. The van der Waals surface area contributed by atoms with Gasteiger partial charge in [0.1, 0.15) is 0 Å². The van der Waals surface area contributed by atoms with Crippen molar-refractivity contribution in [2.24, 2.45) is 0 Å². The molecule has 1 aliphatic carbocycles. The summed E-state index contributed by atoms with van der Waals surface area (Å²) in [6.45, 7) is 4.11. The number of ether oxygens (including phenoxy) is 1. The highest BCUT2D eigenvalue weighted by Gasteiger charge is 2.46. The maximum absolute atomic E-state index is 13.4. The lowest BCUT2D eigenvalue weighted by molar-refractivity contribution is 0.0522. The largest absolute Gasteiger partial charge is 0.462 e. The number of Topliss-reactive ketones (excluding diaryl/α,β-unsaturated/α-hetero) is 1. The molecule has 5 rings (SSSR count). The summed E-state index contributed by atoms with van der Waals surface area (Å²) in [4.78, 5) is 28.2. The molecule has 6 nitrogen and oxygen atoms in total. The van der Waals surface area contributed by atoms with E-state index in [2.05, 4.69) is 34.6 Å². The van der Waals surface area contributed by atoms with Gasteiger partial charge >= 0.3 is 5.97 Å². The van der Waals surface area contributed by atoms with Crippen LogP contribution in [-0.4, -0.2) is 37.1 Å². The Hall–Kier alpha value is -3.02. The van der Waals surface area contributed by atoms with E-state index in [-0.39, 0.29) is 24.1 Å². The van der Waals surface area contributed by atoms with E-state index >= 15 is 0 Å². The second-order valence-electron chi connectivity index (χ2n) is 8.35. The van der Waals surface area contributed by atoms with Crippen LogP contribution < -0.4 is 15.5 Å². The molecule has 29 heavy (non-hydrogen) atoms. The number of rotatable bonds is 2. The summed E-state index contributed by atoms with van der Waals surface area (Å²) in [6, 6.07) is 10.2. The Morgan fingerprint density at radius 3 is 2.55 bits per heavy atom. The summed E-state index contributed by atoms with van der Waals surface area (Å²) in [5.74, 6) is -0.443. The number of nitrogens with one attached hydrogen (secondary N) is 2. The van der Waals surface area contributed by atoms with Gasteiger partial charge in [0, 0.05) is 13.5 Å². The van der Waals surface area contributed by atoms with Gasteiger partial charge in [-0.25, -0.2) is 4.79 Å². The predicted molar refractivity (Wildman–Crippen MR) is 113 cm³/mol. The van der Waals surface area contributed by atoms with Gasteiger partial charge in [-0.1, -0.05) is 24.3 Å². The van der Waals surface area contributed by atoms with E-state index in [1.54, 1.807) is 13.0 Å². The van der Waals surface area contributed by atoms with Crippen molar-refractivity contribution in [2.75, 3.05) is 29.2 Å². The zero-order valence-corrected chi connectivity index (χ0v) is 17.0. The van der Waals surface area contributed by atoms with Gasteiger partial charge in [-0.2, -0.15) is 0 Å². The minimum atomic E-state index is -0.444. The third-order valence-corrected chi connectivity index (χ3v) is 6.46. The van der Waals surface area contributed by atoms with E-state index in [9.17, 15) is 9.59 Å². The molecule has 0 aromatic heterocycles. The molecule has 0 amide bonds. The molecule has 150 valence electrons. The Kier molecular flexibility index (Phi) is 3.88. The Morgan fingerprint density at radius 2 is 1.90 bits per heavy atom. The fraction of sp³-hybridized carbons (Fsp3) is 0.391. The molecule has 2 aromatic carbocycles. The van der Waals surface area contributed by atoms with E-state index in [0.717, 1.165) is 29.9 Å². The second-order valence-corrected chi connectivity index (χ2v) is 8.35. The van der Waals surface area contributed by atoms with Crippen LogP contribution in [-0.2, 0) is 17.6 Å². The lowest BCUT2D eigenvalue weighted by Crippen LogP contribution is -2.45. The summed E-state index contributed by atoms with van der Waals surface area (Å²) in [6.07, 6.45) is 2.05. The molecule has 0 saturated heterocycles. The minimum absolute atomic E-state index is 0.00131. The van der Waals surface area contributed by atoms with Gasteiger partial charge in [-0.05, 0) is 43.9 Å². The first-order valence-corrected chi connectivity index (χ1v) is 10.2. The lowest BCUT2D eigenvalue weighted by atomic mass is 9.81. The minimum Gasteiger partial charge on any atom is -0.462 e. The average Bonchev–Trinajstić information content (AvgIpc) is 3.18. The quantitative estimate of drug-likeness (QED) is 0.762. The van der Waals surface area contributed by atoms with E-state index in [4.69, 9.17) is 4.74 Å². The van der Waals surface area contributed by atoms with E-state index in [1.807, 2.05) is 19.2 Å². The van der Waals surface area contributed by atoms with Crippen LogP contribution in [0.5, 0.6) is 0 Å². The molecule has 2 N–H and O–H groups in total. The van der Waals surface area contributed by atoms with Crippen molar-refractivity contribution < 1.29 is 14.3 Å². The SMILES string of the molecule is CCOC(=O)c1cc2c(c3c1C(=O)CC1(Cc4ccccc4C1)N3)NC(C)N2C. The highest BCUT2D eigenvalue weighted by Crippen LogP contribution is 2.49. The third-order valence-electron chi connectivity index (χ3n) is 6.46. The standard InChI is InChI=1S/C23H25N3O3/c1-4-29-22(28)16-9-17-20(24-13(2)26(17)3)21-19(16)18(27)12-23(25-21)10-14-7-5-6-8-15(14)11-23/h5-9,13,24-25H,4,10-12H2,1-3H3. The van der Waals surface area contributed by atoms with Crippen molar-refractivity contribution in [3.8, 4) is 0 Å². The van der Waals surface area contributed by atoms with Crippen molar-refractivity contribution in [1.29, 1.82) is 0 Å². The first-order valence-electron chi connectivity index (χ1n) is 10.2. The fourth-order valence-electron chi connectivity index (χ4n) is 5.00. The molecule has 2 aliphatic heterocycles. The van der Waals surface area contributed by atoms with Gasteiger partial charge in [0.25, 0.3) is 0 Å². The number of esters is 1. The summed E-state index contributed by atoms with van der Waals surface area (Å²) < 4.78 is 5.27. The molecule has 1 unspecified atom stereocenters. The number of benzene rings is 2. The van der Waals surface area contributed by atoms with Crippen LogP contribution in [0.1, 0.15) is 52.1 Å². The molecule has 0 radical (unpaired) electrons. The topological polar surface area (TPSA) is 70.7 Å². The summed E-state index contributed by atoms with van der Waals surface area (Å²) >= 11 is 0. The maximum Gasteiger partial charge on any atom is 0.339 e. The fourth-order valence-corrected chi connectivity index (χ4v) is 5.00. The molecule has 6 heteroatoms. The Balaban J connectivity index is 1.65. The van der Waals surface area contributed by atoms with Crippen LogP contribution in [0.25, 0.3) is 0 Å². The lowest BCUT2D eigenvalue weighted by Gasteiger charge is -2.37. The second kappa shape index (κ2) is 6.24. The van der Waals surface area contributed by atoms with Crippen molar-refractivity contribution >= 4 is 28.8 Å². The Bertz CT molecular complexity index is 1020. The highest BCUT2D eigenvalue weighted by molar-refractivity contribution is 6.16. The van der Waals surface area contributed by atoms with Gasteiger partial charge in [-0.15, -0.1) is 0 Å². The van der Waals surface area contributed by atoms with Crippen LogP contribution in [0.4, 0.5) is 17.1 Å². The molecule has 2 aromatic rings. The number of nitrogens with zero attached hydrogens (tertiary/aromatic N) is 1. The van der Waals surface area contributed by atoms with Crippen molar-refractivity contribution in [2.45, 2.75) is 44.8 Å². The molecule has 0 fully saturated rings. The number of carbonyl (C=O) groups excluding carboxylic acids is 2. The van der Waals surface area contributed by atoms with Gasteiger partial charge in [0.05, 0.1) is 46.5 Å². The number of carbonyl (C=O) groups is 2. The van der Waals surface area contributed by atoms with Crippen LogP contribution in [0, 0.1) is 0 Å². The molecular weight excluding hydrogens is 366 g/mol.